The second kappa shape index (κ2) is 3.07. The average molecular weight is 158 g/mol. The molecule has 0 aliphatic carbocycles. The van der Waals surface area contributed by atoms with Gasteiger partial charge in [0.25, 0.3) is 0 Å². The van der Waals surface area contributed by atoms with Gasteiger partial charge in [-0.05, 0) is 25.8 Å². The summed E-state index contributed by atoms with van der Waals surface area (Å²) in [6.45, 7) is 1.67. The number of hydrogen-bond acceptors (Lipinski definition) is 2. The van der Waals surface area contributed by atoms with Crippen molar-refractivity contribution in [2.45, 2.75) is 37.5 Å². The van der Waals surface area contributed by atoms with Crippen molar-refractivity contribution in [3.8, 4) is 0 Å². The van der Waals surface area contributed by atoms with Gasteiger partial charge in [-0.15, -0.1) is 0 Å². The van der Waals surface area contributed by atoms with E-state index in [1.807, 2.05) is 0 Å². The molecule has 0 radical (unpaired) electrons. The lowest BCUT2D eigenvalue weighted by Crippen LogP contribution is -2.40. The molecule has 2 N–H and O–H groups in total. The van der Waals surface area contributed by atoms with Gasteiger partial charge in [-0.2, -0.15) is 0 Å². The van der Waals surface area contributed by atoms with Crippen LogP contribution in [0.15, 0.2) is 0 Å². The normalized spacial score (nSPS) is 45.0. The van der Waals surface area contributed by atoms with E-state index in [1.54, 1.807) is 0 Å². The minimum atomic E-state index is -0.609. The third-order valence-electron chi connectivity index (χ3n) is 2.70. The van der Waals surface area contributed by atoms with Gasteiger partial charge in [-0.25, -0.2) is 4.39 Å². The fraction of sp³-hybridized carbons (Fsp3) is 1.00. The summed E-state index contributed by atoms with van der Waals surface area (Å²) in [7, 11) is 0. The summed E-state index contributed by atoms with van der Waals surface area (Å²) in [5, 5.41) is 6.60. The highest BCUT2D eigenvalue weighted by Gasteiger charge is 2.31. The van der Waals surface area contributed by atoms with E-state index in [1.165, 1.54) is 12.8 Å². The van der Waals surface area contributed by atoms with E-state index in [0.717, 1.165) is 6.54 Å². The van der Waals surface area contributed by atoms with Crippen LogP contribution in [0.3, 0.4) is 0 Å². The Morgan fingerprint density at radius 2 is 2.09 bits per heavy atom. The summed E-state index contributed by atoms with van der Waals surface area (Å²) in [4.78, 5) is 0. The van der Waals surface area contributed by atoms with Crippen LogP contribution in [0, 0.1) is 0 Å². The molecular formula is C8H15FN2. The van der Waals surface area contributed by atoms with Crippen molar-refractivity contribution >= 4 is 0 Å². The first-order valence-electron chi connectivity index (χ1n) is 4.47. The van der Waals surface area contributed by atoms with Gasteiger partial charge < -0.3 is 10.6 Å². The number of alkyl halides is 1. The van der Waals surface area contributed by atoms with Crippen LogP contribution in [-0.2, 0) is 0 Å². The van der Waals surface area contributed by atoms with Crippen molar-refractivity contribution in [3.63, 3.8) is 0 Å². The van der Waals surface area contributed by atoms with Crippen molar-refractivity contribution in [2.24, 2.45) is 0 Å². The Kier molecular flexibility index (Phi) is 2.09. The maximum absolute atomic E-state index is 12.7. The molecular weight excluding hydrogens is 143 g/mol. The Morgan fingerprint density at radius 3 is 2.64 bits per heavy atom. The molecule has 2 nitrogen and oxygen atoms in total. The Labute approximate surface area is 66.5 Å². The van der Waals surface area contributed by atoms with E-state index < -0.39 is 6.17 Å². The second-order valence-electron chi connectivity index (χ2n) is 3.55. The molecule has 3 heteroatoms. The van der Waals surface area contributed by atoms with Crippen LogP contribution < -0.4 is 10.6 Å². The fourth-order valence-electron chi connectivity index (χ4n) is 2.08. The molecule has 64 valence electrons. The molecule has 0 saturated carbocycles. The zero-order valence-electron chi connectivity index (χ0n) is 6.65. The van der Waals surface area contributed by atoms with E-state index in [4.69, 9.17) is 0 Å². The number of halogens is 1. The SMILES string of the molecule is FC1CNC(C2CCCN2)C1. The van der Waals surface area contributed by atoms with Crippen LogP contribution in [0.4, 0.5) is 4.39 Å². The van der Waals surface area contributed by atoms with E-state index in [9.17, 15) is 4.39 Å². The van der Waals surface area contributed by atoms with Crippen LogP contribution in [0.2, 0.25) is 0 Å². The van der Waals surface area contributed by atoms with Gasteiger partial charge in [0.1, 0.15) is 6.17 Å². The van der Waals surface area contributed by atoms with Crippen LogP contribution in [-0.4, -0.2) is 31.3 Å². The van der Waals surface area contributed by atoms with Crippen molar-refractivity contribution in [1.29, 1.82) is 0 Å². The van der Waals surface area contributed by atoms with Crippen molar-refractivity contribution in [3.05, 3.63) is 0 Å². The number of rotatable bonds is 1. The standard InChI is InChI=1S/C8H15FN2/c9-6-4-8(11-5-6)7-2-1-3-10-7/h6-8,10-11H,1-5H2. The summed E-state index contributed by atoms with van der Waals surface area (Å²) >= 11 is 0. The molecule has 0 aromatic heterocycles. The molecule has 0 amide bonds. The molecule has 0 aromatic rings. The van der Waals surface area contributed by atoms with Crippen molar-refractivity contribution in [1.82, 2.24) is 10.6 Å². The summed E-state index contributed by atoms with van der Waals surface area (Å²) in [6.07, 6.45) is 2.56. The third kappa shape index (κ3) is 1.54. The molecule has 2 aliphatic heterocycles. The predicted octanol–water partition coefficient (Wildman–Crippen LogP) is 0.438. The molecule has 3 unspecified atom stereocenters. The van der Waals surface area contributed by atoms with Gasteiger partial charge in [0, 0.05) is 18.6 Å². The van der Waals surface area contributed by atoms with Crippen molar-refractivity contribution in [2.75, 3.05) is 13.1 Å². The van der Waals surface area contributed by atoms with Gasteiger partial charge in [-0.1, -0.05) is 0 Å². The molecule has 2 heterocycles. The van der Waals surface area contributed by atoms with Gasteiger partial charge in [0.15, 0.2) is 0 Å². The maximum atomic E-state index is 12.7. The van der Waals surface area contributed by atoms with E-state index >= 15 is 0 Å². The molecule has 0 bridgehead atoms. The van der Waals surface area contributed by atoms with E-state index in [0.29, 0.717) is 25.0 Å². The minimum absolute atomic E-state index is 0.396. The topological polar surface area (TPSA) is 24.1 Å². The molecule has 3 atom stereocenters. The van der Waals surface area contributed by atoms with Gasteiger partial charge in [0.05, 0.1) is 0 Å². The third-order valence-corrected chi connectivity index (χ3v) is 2.70. The van der Waals surface area contributed by atoms with Crippen LogP contribution >= 0.6 is 0 Å². The first-order valence-corrected chi connectivity index (χ1v) is 4.47. The van der Waals surface area contributed by atoms with E-state index in [2.05, 4.69) is 10.6 Å². The lowest BCUT2D eigenvalue weighted by atomic mass is 10.1. The highest BCUT2D eigenvalue weighted by molar-refractivity contribution is 4.92. The lowest BCUT2D eigenvalue weighted by Gasteiger charge is -2.17. The second-order valence-corrected chi connectivity index (χ2v) is 3.55. The van der Waals surface area contributed by atoms with Crippen LogP contribution in [0.5, 0.6) is 0 Å². The Morgan fingerprint density at radius 1 is 1.18 bits per heavy atom. The highest BCUT2D eigenvalue weighted by atomic mass is 19.1. The summed E-state index contributed by atoms with van der Waals surface area (Å²) < 4.78 is 12.7. The van der Waals surface area contributed by atoms with E-state index in [-0.39, 0.29) is 0 Å². The quantitative estimate of drug-likeness (QED) is 0.578. The minimum Gasteiger partial charge on any atom is -0.312 e. The summed E-state index contributed by atoms with van der Waals surface area (Å²) in [6, 6.07) is 0.934. The Hall–Kier alpha value is -0.150. The Balaban J connectivity index is 1.85. The number of hydrogen-bond donors (Lipinski definition) is 2. The molecule has 2 saturated heterocycles. The zero-order chi connectivity index (χ0) is 7.68. The smallest absolute Gasteiger partial charge is 0.114 e. The van der Waals surface area contributed by atoms with Gasteiger partial charge in [0.2, 0.25) is 0 Å². The predicted molar refractivity (Wildman–Crippen MR) is 42.3 cm³/mol. The maximum Gasteiger partial charge on any atom is 0.114 e. The average Bonchev–Trinajstić information content (AvgIpc) is 2.55. The largest absolute Gasteiger partial charge is 0.312 e. The molecule has 2 rings (SSSR count). The van der Waals surface area contributed by atoms with Crippen LogP contribution in [0.1, 0.15) is 19.3 Å². The van der Waals surface area contributed by atoms with Gasteiger partial charge >= 0.3 is 0 Å². The first kappa shape index (κ1) is 7.50. The molecule has 2 fully saturated rings. The summed E-state index contributed by atoms with van der Waals surface area (Å²) in [5.74, 6) is 0. The number of nitrogens with one attached hydrogen (secondary N) is 2. The van der Waals surface area contributed by atoms with Gasteiger partial charge in [-0.3, -0.25) is 0 Å². The van der Waals surface area contributed by atoms with Crippen molar-refractivity contribution < 1.29 is 4.39 Å². The first-order chi connectivity index (χ1) is 5.36. The van der Waals surface area contributed by atoms with Crippen LogP contribution in [0.25, 0.3) is 0 Å². The Bertz CT molecular complexity index is 134. The summed E-state index contributed by atoms with van der Waals surface area (Å²) in [5.41, 5.74) is 0. The molecule has 2 aliphatic rings. The molecule has 0 spiro atoms. The highest BCUT2D eigenvalue weighted by Crippen LogP contribution is 2.18. The zero-order valence-corrected chi connectivity index (χ0v) is 6.65. The fourth-order valence-corrected chi connectivity index (χ4v) is 2.08. The lowest BCUT2D eigenvalue weighted by molar-refractivity contribution is 0.345. The molecule has 11 heavy (non-hydrogen) atoms. The molecule has 0 aromatic carbocycles. The monoisotopic (exact) mass is 158 g/mol.